The van der Waals surface area contributed by atoms with Gasteiger partial charge in [0.05, 0.1) is 28.8 Å². The average molecular weight is 617 g/mol. The van der Waals surface area contributed by atoms with E-state index in [1.54, 1.807) is 12.1 Å². The van der Waals surface area contributed by atoms with Crippen molar-refractivity contribution in [1.29, 1.82) is 0 Å². The molecule has 0 amide bonds. The first kappa shape index (κ1) is 30.2. The van der Waals surface area contributed by atoms with E-state index in [1.165, 1.54) is 53.7 Å². The van der Waals surface area contributed by atoms with Gasteiger partial charge in [-0.25, -0.2) is 18.0 Å². The minimum Gasteiger partial charge on any atom is -0.744 e. The van der Waals surface area contributed by atoms with Gasteiger partial charge in [-0.15, -0.1) is 0 Å². The van der Waals surface area contributed by atoms with Crippen LogP contribution in [-0.4, -0.2) is 26.8 Å². The standard InChI is InChI=1S/C30H29N4.C7H8O3S/c1-2-3-4-13-20-32-22-28(24-16-9-6-10-17-24)34-26-19-12-11-18-25(26)33-27(21-31-29(33)30(32)34)23-14-7-5-8-15-23;1-6-2-4-7(5-3-6)11(8,9)10/h5-12,14-19,21-22H,2-4,13,20H2,1H3;2-5H,1H3,(H,8,9,10)/q+1;/p-1. The van der Waals surface area contributed by atoms with E-state index < -0.39 is 10.1 Å². The highest BCUT2D eigenvalue weighted by Gasteiger charge is 2.27. The maximum Gasteiger partial charge on any atom is 0.331 e. The molecule has 0 atom stereocenters. The van der Waals surface area contributed by atoms with Crippen LogP contribution in [0.1, 0.15) is 38.2 Å². The lowest BCUT2D eigenvalue weighted by Gasteiger charge is -2.08. The zero-order chi connectivity index (χ0) is 31.4. The molecule has 0 aliphatic heterocycles. The van der Waals surface area contributed by atoms with Crippen molar-refractivity contribution in [1.82, 2.24) is 13.8 Å². The second kappa shape index (κ2) is 13.1. The second-order valence-corrected chi connectivity index (χ2v) is 12.6. The Labute approximate surface area is 263 Å². The molecule has 3 aromatic heterocycles. The van der Waals surface area contributed by atoms with Crippen molar-refractivity contribution in [2.75, 3.05) is 0 Å². The lowest BCUT2D eigenvalue weighted by atomic mass is 10.1. The summed E-state index contributed by atoms with van der Waals surface area (Å²) in [4.78, 5) is 4.83. The summed E-state index contributed by atoms with van der Waals surface area (Å²) in [6.07, 6.45) is 9.27. The lowest BCUT2D eigenvalue weighted by Crippen LogP contribution is -2.33. The normalized spacial score (nSPS) is 11.6. The summed E-state index contributed by atoms with van der Waals surface area (Å²) < 4.78 is 38.3. The molecule has 0 spiro atoms. The third kappa shape index (κ3) is 6.25. The summed E-state index contributed by atoms with van der Waals surface area (Å²) in [5, 5.41) is 0. The number of hydrogen-bond donors (Lipinski definition) is 0. The molecule has 0 aliphatic rings. The third-order valence-electron chi connectivity index (χ3n) is 8.03. The predicted molar refractivity (Wildman–Crippen MR) is 178 cm³/mol. The Kier molecular flexibility index (Phi) is 8.78. The van der Waals surface area contributed by atoms with Crippen molar-refractivity contribution in [3.8, 4) is 22.5 Å². The van der Waals surface area contributed by atoms with Crippen LogP contribution in [0.5, 0.6) is 0 Å². The van der Waals surface area contributed by atoms with Gasteiger partial charge >= 0.3 is 5.65 Å². The highest BCUT2D eigenvalue weighted by Crippen LogP contribution is 2.31. The van der Waals surface area contributed by atoms with E-state index in [1.807, 2.05) is 13.1 Å². The number of rotatable bonds is 8. The number of unbranched alkanes of at least 4 members (excludes halogenated alkanes) is 3. The largest absolute Gasteiger partial charge is 0.744 e. The minimum absolute atomic E-state index is 0.178. The van der Waals surface area contributed by atoms with E-state index in [0.717, 1.165) is 41.0 Å². The zero-order valence-electron chi connectivity index (χ0n) is 25.5. The molecule has 0 unspecified atom stereocenters. The van der Waals surface area contributed by atoms with Crippen LogP contribution in [0.3, 0.4) is 0 Å². The average Bonchev–Trinajstić information content (AvgIpc) is 3.67. The smallest absolute Gasteiger partial charge is 0.331 e. The third-order valence-corrected chi connectivity index (χ3v) is 8.88. The molecule has 0 bridgehead atoms. The summed E-state index contributed by atoms with van der Waals surface area (Å²) in [6, 6.07) is 35.7. The van der Waals surface area contributed by atoms with Gasteiger partial charge in [0.1, 0.15) is 16.3 Å². The summed E-state index contributed by atoms with van der Waals surface area (Å²) in [5.74, 6) is 0. The molecular weight excluding hydrogens is 580 g/mol. The number of aromatic nitrogens is 4. The fourth-order valence-electron chi connectivity index (χ4n) is 5.79. The van der Waals surface area contributed by atoms with Gasteiger partial charge in [0, 0.05) is 11.1 Å². The summed E-state index contributed by atoms with van der Waals surface area (Å²) in [7, 11) is -4.27. The first-order chi connectivity index (χ1) is 21.9. The van der Waals surface area contributed by atoms with E-state index in [9.17, 15) is 13.0 Å². The molecule has 8 heteroatoms. The number of imidazole rings is 2. The van der Waals surface area contributed by atoms with E-state index in [0.29, 0.717) is 0 Å². The molecule has 3 heterocycles. The molecule has 4 aromatic carbocycles. The van der Waals surface area contributed by atoms with Gasteiger partial charge in [0.2, 0.25) is 5.65 Å². The van der Waals surface area contributed by atoms with Crippen LogP contribution >= 0.6 is 0 Å². The monoisotopic (exact) mass is 616 g/mol. The van der Waals surface area contributed by atoms with Crippen LogP contribution in [0.4, 0.5) is 0 Å². The summed E-state index contributed by atoms with van der Waals surface area (Å²) in [6.45, 7) is 5.07. The highest BCUT2D eigenvalue weighted by atomic mass is 32.2. The summed E-state index contributed by atoms with van der Waals surface area (Å²) in [5.41, 5.74) is 10.1. The molecular formula is C37H36N4O3S. The number of benzene rings is 4. The maximum atomic E-state index is 10.4. The van der Waals surface area contributed by atoms with Gasteiger partial charge in [0.15, 0.2) is 11.2 Å². The van der Waals surface area contributed by atoms with Crippen molar-refractivity contribution < 1.29 is 17.5 Å². The number of hydrogen-bond acceptors (Lipinski definition) is 4. The van der Waals surface area contributed by atoms with Gasteiger partial charge in [-0.1, -0.05) is 110 Å². The molecule has 0 N–H and O–H groups in total. The molecule has 0 fully saturated rings. The number of para-hydroxylation sites is 2. The minimum atomic E-state index is -4.27. The molecule has 228 valence electrons. The summed E-state index contributed by atoms with van der Waals surface area (Å²) >= 11 is 0. The van der Waals surface area contributed by atoms with Gasteiger partial charge in [-0.3, -0.25) is 4.40 Å². The van der Waals surface area contributed by atoms with Crippen LogP contribution in [0.2, 0.25) is 0 Å². The van der Waals surface area contributed by atoms with Crippen molar-refractivity contribution in [3.63, 3.8) is 0 Å². The molecule has 45 heavy (non-hydrogen) atoms. The fourth-order valence-corrected chi connectivity index (χ4v) is 6.26. The molecule has 0 radical (unpaired) electrons. The van der Waals surface area contributed by atoms with Crippen LogP contribution in [0.15, 0.2) is 126 Å². The van der Waals surface area contributed by atoms with Crippen LogP contribution in [0.25, 0.3) is 44.8 Å². The Morgan fingerprint density at radius 3 is 1.89 bits per heavy atom. The van der Waals surface area contributed by atoms with E-state index in [4.69, 9.17) is 4.98 Å². The number of aryl methyl sites for hydroxylation is 2. The number of nitrogens with zero attached hydrogens (tertiary/aromatic N) is 4. The van der Waals surface area contributed by atoms with Crippen LogP contribution < -0.4 is 4.57 Å². The Balaban J connectivity index is 0.000000276. The molecule has 0 aliphatic carbocycles. The van der Waals surface area contributed by atoms with Crippen molar-refractivity contribution in [3.05, 3.63) is 127 Å². The van der Waals surface area contributed by atoms with Gasteiger partial charge in [0.25, 0.3) is 0 Å². The Morgan fingerprint density at radius 2 is 1.29 bits per heavy atom. The molecule has 7 nitrogen and oxygen atoms in total. The predicted octanol–water partition coefficient (Wildman–Crippen LogP) is 7.84. The van der Waals surface area contributed by atoms with Crippen molar-refractivity contribution in [2.45, 2.75) is 51.0 Å². The first-order valence-electron chi connectivity index (χ1n) is 15.3. The SMILES string of the molecule is CCCCCC[n+]1cc(-c2ccccc2)n2c3ccccc3n3c(-c4ccccc4)cnc3c21.Cc1ccc(S(=O)(=O)[O-])cc1. The van der Waals surface area contributed by atoms with Crippen molar-refractivity contribution >= 4 is 32.4 Å². The van der Waals surface area contributed by atoms with Crippen molar-refractivity contribution in [2.24, 2.45) is 0 Å². The fraction of sp³-hybridized carbons (Fsp3) is 0.189. The first-order valence-corrected chi connectivity index (χ1v) is 16.7. The molecule has 7 rings (SSSR count). The Hall–Kier alpha value is -4.79. The van der Waals surface area contributed by atoms with Crippen LogP contribution in [0, 0.1) is 6.92 Å². The van der Waals surface area contributed by atoms with Gasteiger partial charge < -0.3 is 4.55 Å². The maximum absolute atomic E-state index is 10.4. The Morgan fingerprint density at radius 1 is 0.711 bits per heavy atom. The van der Waals surface area contributed by atoms with Gasteiger partial charge in [-0.05, 0) is 44.0 Å². The lowest BCUT2D eigenvalue weighted by molar-refractivity contribution is -0.670. The topological polar surface area (TPSA) is 82.8 Å². The molecule has 7 aromatic rings. The highest BCUT2D eigenvalue weighted by molar-refractivity contribution is 7.85. The molecule has 0 saturated heterocycles. The van der Waals surface area contributed by atoms with E-state index in [-0.39, 0.29) is 4.90 Å². The number of fused-ring (bicyclic) bond motifs is 6. The van der Waals surface area contributed by atoms with Gasteiger partial charge in [-0.2, -0.15) is 4.40 Å². The quantitative estimate of drug-likeness (QED) is 0.0990. The molecule has 0 saturated carbocycles. The second-order valence-electron chi connectivity index (χ2n) is 11.2. The Bertz CT molecular complexity index is 2170. The van der Waals surface area contributed by atoms with E-state index >= 15 is 0 Å². The zero-order valence-corrected chi connectivity index (χ0v) is 26.3. The van der Waals surface area contributed by atoms with Crippen LogP contribution in [-0.2, 0) is 16.7 Å². The van der Waals surface area contributed by atoms with E-state index in [2.05, 4.69) is 111 Å².